The topological polar surface area (TPSA) is 67.7 Å². The fourth-order valence-corrected chi connectivity index (χ4v) is 6.14. The Balaban J connectivity index is 1.21. The smallest absolute Gasteiger partial charge is 0.359 e. The molecule has 1 aromatic carbocycles. The van der Waals surface area contributed by atoms with Crippen LogP contribution >= 0.6 is 11.6 Å². The lowest BCUT2D eigenvalue weighted by Crippen LogP contribution is -2.58. The third-order valence-corrected chi connectivity index (χ3v) is 8.37. The number of amides is 1. The van der Waals surface area contributed by atoms with Crippen LogP contribution in [-0.4, -0.2) is 58.3 Å². The Labute approximate surface area is 198 Å². The normalized spacial score (nSPS) is 24.0. The Morgan fingerprint density at radius 2 is 2.09 bits per heavy atom. The van der Waals surface area contributed by atoms with E-state index in [2.05, 4.69) is 27.9 Å². The number of piperazine rings is 1. The molecule has 8 heteroatoms. The van der Waals surface area contributed by atoms with Crippen molar-refractivity contribution >= 4 is 29.2 Å². The number of anilines is 1. The standard InChI is InChI=1S/C25H29ClN4O3/c1-3-33-24(32)23-22-17-11-16(17)12-20(22)30(27-23)13-21(31)29-10-9-28(14-25(29)7-8-25)19-6-4-5-18(26)15(19)2/h4-6,16-17H,3,7-14H2,1-2H3/t16?,17-/m1/s1. The number of halogens is 1. The molecule has 4 aliphatic rings. The van der Waals surface area contributed by atoms with Crippen molar-refractivity contribution in [1.82, 2.24) is 14.7 Å². The van der Waals surface area contributed by atoms with E-state index in [9.17, 15) is 9.59 Å². The number of esters is 1. The predicted octanol–water partition coefficient (Wildman–Crippen LogP) is 3.56. The van der Waals surface area contributed by atoms with Gasteiger partial charge in [-0.25, -0.2) is 4.79 Å². The summed E-state index contributed by atoms with van der Waals surface area (Å²) in [6.07, 6.45) is 4.06. The summed E-state index contributed by atoms with van der Waals surface area (Å²) in [5, 5.41) is 5.36. The fourth-order valence-electron chi connectivity index (χ4n) is 5.97. The van der Waals surface area contributed by atoms with Crippen LogP contribution in [0.2, 0.25) is 5.02 Å². The Morgan fingerprint density at radius 3 is 2.85 bits per heavy atom. The van der Waals surface area contributed by atoms with Crippen LogP contribution < -0.4 is 4.90 Å². The molecule has 2 atom stereocenters. The number of hydrogen-bond acceptors (Lipinski definition) is 5. The molecule has 1 amide bonds. The first-order valence-corrected chi connectivity index (χ1v) is 12.4. The molecule has 0 radical (unpaired) electrons. The zero-order chi connectivity index (χ0) is 22.9. The molecule has 3 fully saturated rings. The highest BCUT2D eigenvalue weighted by molar-refractivity contribution is 6.31. The lowest BCUT2D eigenvalue weighted by molar-refractivity contribution is -0.135. The van der Waals surface area contributed by atoms with Gasteiger partial charge in [0.15, 0.2) is 5.69 Å². The van der Waals surface area contributed by atoms with E-state index in [-0.39, 0.29) is 24.0 Å². The maximum absolute atomic E-state index is 13.5. The van der Waals surface area contributed by atoms with Crippen LogP contribution in [0.1, 0.15) is 59.4 Å². The Kier molecular flexibility index (Phi) is 4.77. The average Bonchev–Trinajstić information content (AvgIpc) is 3.67. The van der Waals surface area contributed by atoms with Crippen molar-refractivity contribution in [2.75, 3.05) is 31.1 Å². The number of carbonyl (C=O) groups excluding carboxylic acids is 2. The largest absolute Gasteiger partial charge is 0.461 e. The summed E-state index contributed by atoms with van der Waals surface area (Å²) in [5.74, 6) is 0.752. The molecule has 1 unspecified atom stereocenters. The van der Waals surface area contributed by atoms with E-state index in [1.165, 1.54) is 0 Å². The van der Waals surface area contributed by atoms with E-state index in [4.69, 9.17) is 16.3 Å². The first-order chi connectivity index (χ1) is 15.9. The number of fused-ring (bicyclic) bond motifs is 3. The van der Waals surface area contributed by atoms with Crippen LogP contribution in [0.5, 0.6) is 0 Å². The average molecular weight is 469 g/mol. The number of nitrogens with zero attached hydrogens (tertiary/aromatic N) is 4. The molecule has 174 valence electrons. The van der Waals surface area contributed by atoms with Crippen molar-refractivity contribution in [3.8, 4) is 0 Å². The minimum atomic E-state index is -0.364. The van der Waals surface area contributed by atoms with Crippen molar-refractivity contribution in [2.24, 2.45) is 5.92 Å². The number of hydrogen-bond donors (Lipinski definition) is 0. The molecule has 1 saturated heterocycles. The summed E-state index contributed by atoms with van der Waals surface area (Å²) in [6, 6.07) is 6.03. The zero-order valence-corrected chi connectivity index (χ0v) is 19.9. The number of ether oxygens (including phenoxy) is 1. The van der Waals surface area contributed by atoms with Gasteiger partial charge in [0.05, 0.1) is 12.1 Å². The second-order valence-electron chi connectivity index (χ2n) is 9.97. The quantitative estimate of drug-likeness (QED) is 0.627. The molecule has 0 bridgehead atoms. The first kappa shape index (κ1) is 21.0. The summed E-state index contributed by atoms with van der Waals surface area (Å²) in [4.78, 5) is 30.4. The third kappa shape index (κ3) is 3.35. The SMILES string of the molecule is CCOC(=O)c1nn(CC(=O)N2CCN(c3cccc(Cl)c3C)CC23CC3)c2c1[C@@H]1CC1C2. The van der Waals surface area contributed by atoms with Crippen molar-refractivity contribution in [2.45, 2.75) is 57.5 Å². The Morgan fingerprint density at radius 1 is 1.27 bits per heavy atom. The number of benzene rings is 1. The van der Waals surface area contributed by atoms with Crippen molar-refractivity contribution in [3.05, 3.63) is 45.7 Å². The van der Waals surface area contributed by atoms with Crippen molar-refractivity contribution in [3.63, 3.8) is 0 Å². The molecule has 1 aromatic heterocycles. The molecule has 1 spiro atoms. The summed E-state index contributed by atoms with van der Waals surface area (Å²) in [7, 11) is 0. The van der Waals surface area contributed by atoms with E-state index >= 15 is 0 Å². The molecular weight excluding hydrogens is 440 g/mol. The summed E-state index contributed by atoms with van der Waals surface area (Å²) >= 11 is 6.36. The second kappa shape index (κ2) is 7.49. The van der Waals surface area contributed by atoms with Gasteiger partial charge in [0.25, 0.3) is 0 Å². The Hall–Kier alpha value is -2.54. The number of aromatic nitrogens is 2. The monoisotopic (exact) mass is 468 g/mol. The molecule has 2 aromatic rings. The van der Waals surface area contributed by atoms with Crippen molar-refractivity contribution in [1.29, 1.82) is 0 Å². The zero-order valence-electron chi connectivity index (χ0n) is 19.1. The maximum Gasteiger partial charge on any atom is 0.359 e. The first-order valence-electron chi connectivity index (χ1n) is 12.0. The highest BCUT2D eigenvalue weighted by Crippen LogP contribution is 2.57. The van der Waals surface area contributed by atoms with Gasteiger partial charge in [0.2, 0.25) is 5.91 Å². The molecule has 6 rings (SSSR count). The van der Waals surface area contributed by atoms with Crippen LogP contribution in [-0.2, 0) is 22.5 Å². The number of rotatable bonds is 5. The van der Waals surface area contributed by atoms with E-state index in [1.807, 2.05) is 12.1 Å². The van der Waals surface area contributed by atoms with Gasteiger partial charge in [0, 0.05) is 41.6 Å². The van der Waals surface area contributed by atoms with E-state index in [1.54, 1.807) is 11.6 Å². The molecule has 7 nitrogen and oxygen atoms in total. The fraction of sp³-hybridized carbons (Fsp3) is 0.560. The Bertz CT molecular complexity index is 1150. The molecule has 3 aliphatic carbocycles. The third-order valence-electron chi connectivity index (χ3n) is 7.96. The van der Waals surface area contributed by atoms with Gasteiger partial charge in [-0.15, -0.1) is 0 Å². The van der Waals surface area contributed by atoms with Gasteiger partial charge in [-0.2, -0.15) is 5.10 Å². The van der Waals surface area contributed by atoms with Crippen LogP contribution in [0.3, 0.4) is 0 Å². The highest BCUT2D eigenvalue weighted by Gasteiger charge is 2.54. The summed E-state index contributed by atoms with van der Waals surface area (Å²) in [6.45, 7) is 6.67. The van der Waals surface area contributed by atoms with Crippen LogP contribution in [0.25, 0.3) is 0 Å². The van der Waals surface area contributed by atoms with Gasteiger partial charge < -0.3 is 14.5 Å². The molecule has 2 saturated carbocycles. The predicted molar refractivity (Wildman–Crippen MR) is 125 cm³/mol. The van der Waals surface area contributed by atoms with Gasteiger partial charge >= 0.3 is 5.97 Å². The van der Waals surface area contributed by atoms with Crippen LogP contribution in [0, 0.1) is 12.8 Å². The highest BCUT2D eigenvalue weighted by atomic mass is 35.5. The molecule has 2 heterocycles. The second-order valence-corrected chi connectivity index (χ2v) is 10.4. The molecule has 1 aliphatic heterocycles. The van der Waals surface area contributed by atoms with Gasteiger partial charge in [-0.05, 0) is 69.1 Å². The molecule has 0 N–H and O–H groups in total. The van der Waals surface area contributed by atoms with Gasteiger partial charge in [0.1, 0.15) is 6.54 Å². The minimum absolute atomic E-state index is 0.0937. The minimum Gasteiger partial charge on any atom is -0.461 e. The van der Waals surface area contributed by atoms with Crippen LogP contribution in [0.15, 0.2) is 18.2 Å². The van der Waals surface area contributed by atoms with Crippen LogP contribution in [0.4, 0.5) is 5.69 Å². The molecule has 33 heavy (non-hydrogen) atoms. The van der Waals surface area contributed by atoms with Gasteiger partial charge in [-0.1, -0.05) is 17.7 Å². The van der Waals surface area contributed by atoms with E-state index < -0.39 is 0 Å². The van der Waals surface area contributed by atoms with Gasteiger partial charge in [-0.3, -0.25) is 9.48 Å². The number of carbonyl (C=O) groups is 2. The summed E-state index contributed by atoms with van der Waals surface area (Å²) in [5.41, 5.74) is 4.66. The summed E-state index contributed by atoms with van der Waals surface area (Å²) < 4.78 is 7.04. The molecular formula is C25H29ClN4O3. The lowest BCUT2D eigenvalue weighted by atomic mass is 10.1. The lowest BCUT2D eigenvalue weighted by Gasteiger charge is -2.43. The van der Waals surface area contributed by atoms with E-state index in [0.29, 0.717) is 30.7 Å². The maximum atomic E-state index is 13.5. The van der Waals surface area contributed by atoms with E-state index in [0.717, 1.165) is 66.3 Å². The van der Waals surface area contributed by atoms with Crippen molar-refractivity contribution < 1.29 is 14.3 Å².